The predicted molar refractivity (Wildman–Crippen MR) is 155 cm³/mol. The van der Waals surface area contributed by atoms with Crippen molar-refractivity contribution in [3.63, 3.8) is 0 Å². The fourth-order valence-electron chi connectivity index (χ4n) is 8.05. The molecule has 0 unspecified atom stereocenters. The highest BCUT2D eigenvalue weighted by Crippen LogP contribution is 2.55. The SMILES string of the molecule is CCCN(CC(=O)N(CCc1c[nH]c2ccccc12)Cc1ccc(F)cc1)C(=O)NC12CC3CC(CC(C3)C1)C2. The van der Waals surface area contributed by atoms with E-state index >= 15 is 0 Å². The second-order valence-electron chi connectivity index (χ2n) is 12.6. The van der Waals surface area contributed by atoms with E-state index in [-0.39, 0.29) is 29.8 Å². The Balaban J connectivity index is 1.16. The molecule has 7 rings (SSSR count). The number of benzene rings is 2. The molecular formula is C33H41FN4O2. The topological polar surface area (TPSA) is 68.4 Å². The minimum Gasteiger partial charge on any atom is -0.361 e. The molecule has 4 fully saturated rings. The Labute approximate surface area is 236 Å². The summed E-state index contributed by atoms with van der Waals surface area (Å²) in [6.07, 6.45) is 10.7. The van der Waals surface area contributed by atoms with Gasteiger partial charge in [0.25, 0.3) is 0 Å². The molecule has 3 amide bonds. The van der Waals surface area contributed by atoms with Gasteiger partial charge in [-0.3, -0.25) is 4.79 Å². The number of hydrogen-bond acceptors (Lipinski definition) is 2. The van der Waals surface area contributed by atoms with Crippen LogP contribution in [0.25, 0.3) is 10.9 Å². The normalized spacial score (nSPS) is 24.8. The number of aromatic amines is 1. The monoisotopic (exact) mass is 544 g/mol. The van der Waals surface area contributed by atoms with Crippen LogP contribution in [0.15, 0.2) is 54.7 Å². The summed E-state index contributed by atoms with van der Waals surface area (Å²) in [5.41, 5.74) is 3.00. The maximum Gasteiger partial charge on any atom is 0.318 e. The average molecular weight is 545 g/mol. The fourth-order valence-corrected chi connectivity index (χ4v) is 8.05. The van der Waals surface area contributed by atoms with Crippen molar-refractivity contribution in [2.75, 3.05) is 19.6 Å². The zero-order valence-electron chi connectivity index (χ0n) is 23.5. The van der Waals surface area contributed by atoms with Crippen molar-refractivity contribution in [3.05, 3.63) is 71.7 Å². The Hall–Kier alpha value is -3.35. The zero-order valence-corrected chi connectivity index (χ0v) is 23.5. The van der Waals surface area contributed by atoms with Crippen LogP contribution in [0.4, 0.5) is 9.18 Å². The first kappa shape index (κ1) is 26.9. The lowest BCUT2D eigenvalue weighted by molar-refractivity contribution is -0.132. The van der Waals surface area contributed by atoms with Gasteiger partial charge in [-0.05, 0) is 98.4 Å². The van der Waals surface area contributed by atoms with Crippen LogP contribution < -0.4 is 5.32 Å². The van der Waals surface area contributed by atoms with Crippen molar-refractivity contribution < 1.29 is 14.0 Å². The van der Waals surface area contributed by atoms with Crippen LogP contribution in [-0.2, 0) is 17.8 Å². The molecule has 1 heterocycles. The van der Waals surface area contributed by atoms with Gasteiger partial charge in [-0.25, -0.2) is 9.18 Å². The fraction of sp³-hybridized carbons (Fsp3) is 0.515. The second kappa shape index (κ2) is 11.3. The number of urea groups is 1. The van der Waals surface area contributed by atoms with Gasteiger partial charge in [0.05, 0.1) is 0 Å². The molecule has 0 spiro atoms. The number of carbonyl (C=O) groups is 2. The third kappa shape index (κ3) is 5.74. The minimum atomic E-state index is -0.295. The summed E-state index contributed by atoms with van der Waals surface area (Å²) in [5.74, 6) is 1.84. The summed E-state index contributed by atoms with van der Waals surface area (Å²) in [5, 5.41) is 4.61. The van der Waals surface area contributed by atoms with Gasteiger partial charge >= 0.3 is 6.03 Å². The first-order chi connectivity index (χ1) is 19.4. The highest BCUT2D eigenvalue weighted by atomic mass is 19.1. The molecule has 4 saturated carbocycles. The number of nitrogens with one attached hydrogen (secondary N) is 2. The van der Waals surface area contributed by atoms with Crippen molar-refractivity contribution in [1.82, 2.24) is 20.1 Å². The van der Waals surface area contributed by atoms with E-state index in [9.17, 15) is 14.0 Å². The molecule has 2 N–H and O–H groups in total. The number of halogens is 1. The first-order valence-corrected chi connectivity index (χ1v) is 15.0. The van der Waals surface area contributed by atoms with Gasteiger partial charge < -0.3 is 20.1 Å². The van der Waals surface area contributed by atoms with Gasteiger partial charge in [-0.1, -0.05) is 37.3 Å². The highest BCUT2D eigenvalue weighted by molar-refractivity contribution is 5.85. The predicted octanol–water partition coefficient (Wildman–Crippen LogP) is 6.27. The molecule has 0 saturated heterocycles. The molecule has 0 aliphatic heterocycles. The first-order valence-electron chi connectivity index (χ1n) is 15.0. The molecule has 3 aromatic rings. The van der Waals surface area contributed by atoms with Crippen LogP contribution >= 0.6 is 0 Å². The Kier molecular flexibility index (Phi) is 7.56. The lowest BCUT2D eigenvalue weighted by atomic mass is 9.53. The van der Waals surface area contributed by atoms with Gasteiger partial charge in [0.15, 0.2) is 0 Å². The van der Waals surface area contributed by atoms with Gasteiger partial charge in [-0.15, -0.1) is 0 Å². The molecule has 212 valence electrons. The van der Waals surface area contributed by atoms with Crippen molar-refractivity contribution in [2.24, 2.45) is 17.8 Å². The number of H-pyrrole nitrogens is 1. The Bertz CT molecular complexity index is 1310. The van der Waals surface area contributed by atoms with Crippen LogP contribution in [0.1, 0.15) is 63.0 Å². The van der Waals surface area contributed by atoms with Crippen molar-refractivity contribution in [1.29, 1.82) is 0 Å². The van der Waals surface area contributed by atoms with Crippen LogP contribution in [0.5, 0.6) is 0 Å². The average Bonchev–Trinajstić information content (AvgIpc) is 3.34. The Morgan fingerprint density at radius 2 is 1.62 bits per heavy atom. The number of para-hydroxylation sites is 1. The van der Waals surface area contributed by atoms with E-state index in [0.717, 1.165) is 65.5 Å². The van der Waals surface area contributed by atoms with Crippen molar-refractivity contribution in [2.45, 2.75) is 70.4 Å². The van der Waals surface area contributed by atoms with E-state index in [4.69, 9.17) is 0 Å². The summed E-state index contributed by atoms with van der Waals surface area (Å²) in [7, 11) is 0. The van der Waals surface area contributed by atoms with E-state index in [2.05, 4.69) is 16.4 Å². The summed E-state index contributed by atoms with van der Waals surface area (Å²) >= 11 is 0. The Morgan fingerprint density at radius 1 is 0.950 bits per heavy atom. The molecule has 1 aromatic heterocycles. The number of fused-ring (bicyclic) bond motifs is 1. The smallest absolute Gasteiger partial charge is 0.318 e. The van der Waals surface area contributed by atoms with Gasteiger partial charge in [0.2, 0.25) is 5.91 Å². The number of aromatic nitrogens is 1. The van der Waals surface area contributed by atoms with Gasteiger partial charge in [-0.2, -0.15) is 0 Å². The summed E-state index contributed by atoms with van der Waals surface area (Å²) in [6, 6.07) is 14.4. The highest BCUT2D eigenvalue weighted by Gasteiger charge is 2.51. The van der Waals surface area contributed by atoms with E-state index in [0.29, 0.717) is 26.1 Å². The second-order valence-corrected chi connectivity index (χ2v) is 12.6. The Morgan fingerprint density at radius 3 is 2.30 bits per heavy atom. The molecule has 4 bridgehead atoms. The van der Waals surface area contributed by atoms with E-state index in [1.807, 2.05) is 36.2 Å². The third-order valence-electron chi connectivity index (χ3n) is 9.48. The number of hydrogen-bond donors (Lipinski definition) is 2. The van der Waals surface area contributed by atoms with Crippen LogP contribution in [0, 0.1) is 23.6 Å². The number of rotatable bonds is 10. The molecule has 7 heteroatoms. The minimum absolute atomic E-state index is 0.0428. The number of amides is 3. The maximum atomic E-state index is 13.8. The molecule has 6 nitrogen and oxygen atoms in total. The van der Waals surface area contributed by atoms with Crippen molar-refractivity contribution >= 4 is 22.8 Å². The van der Waals surface area contributed by atoms with Crippen LogP contribution in [0.3, 0.4) is 0 Å². The molecule has 0 radical (unpaired) electrons. The molecule has 4 aliphatic rings. The van der Waals surface area contributed by atoms with E-state index < -0.39 is 0 Å². The molecular weight excluding hydrogens is 503 g/mol. The summed E-state index contributed by atoms with van der Waals surface area (Å²) in [6.45, 7) is 3.51. The zero-order chi connectivity index (χ0) is 27.7. The quantitative estimate of drug-likeness (QED) is 0.316. The summed E-state index contributed by atoms with van der Waals surface area (Å²) in [4.78, 5) is 34.3. The van der Waals surface area contributed by atoms with Gasteiger partial charge in [0.1, 0.15) is 12.4 Å². The summed E-state index contributed by atoms with van der Waals surface area (Å²) < 4.78 is 13.6. The molecule has 0 atom stereocenters. The number of nitrogens with zero attached hydrogens (tertiary/aromatic N) is 2. The van der Waals surface area contributed by atoms with Crippen LogP contribution in [0.2, 0.25) is 0 Å². The standard InChI is InChI=1S/C33H41FN4O2/c1-2-12-38(32(40)36-33-17-24-14-25(18-33)16-26(15-24)19-33)22-31(39)37(21-23-7-9-28(34)10-8-23)13-11-27-20-35-30-6-4-3-5-29(27)30/h3-10,20,24-26,35H,2,11-19,21-22H2,1H3,(H,36,40). The molecule has 40 heavy (non-hydrogen) atoms. The maximum absolute atomic E-state index is 13.8. The third-order valence-corrected chi connectivity index (χ3v) is 9.48. The largest absolute Gasteiger partial charge is 0.361 e. The van der Waals surface area contributed by atoms with E-state index in [1.54, 1.807) is 17.0 Å². The lowest BCUT2D eigenvalue weighted by Crippen LogP contribution is -2.62. The lowest BCUT2D eigenvalue weighted by Gasteiger charge is -2.57. The molecule has 2 aromatic carbocycles. The molecule has 4 aliphatic carbocycles. The van der Waals surface area contributed by atoms with E-state index in [1.165, 1.54) is 31.4 Å². The van der Waals surface area contributed by atoms with Crippen molar-refractivity contribution in [3.8, 4) is 0 Å². The van der Waals surface area contributed by atoms with Gasteiger partial charge in [0, 0.05) is 42.3 Å². The van der Waals surface area contributed by atoms with Crippen LogP contribution in [-0.4, -0.2) is 51.9 Å². The number of carbonyl (C=O) groups excluding carboxylic acids is 2.